The first-order valence-corrected chi connectivity index (χ1v) is 8.44. The van der Waals surface area contributed by atoms with Gasteiger partial charge in [-0.05, 0) is 35.4 Å². The molecule has 0 bridgehead atoms. The molecule has 0 aromatic heterocycles. The summed E-state index contributed by atoms with van der Waals surface area (Å²) in [5.74, 6) is 1.37. The predicted molar refractivity (Wildman–Crippen MR) is 93.1 cm³/mol. The highest BCUT2D eigenvalue weighted by molar-refractivity contribution is 9.10. The first-order chi connectivity index (χ1) is 11.6. The predicted octanol–water partition coefficient (Wildman–Crippen LogP) is 3.88. The summed E-state index contributed by atoms with van der Waals surface area (Å²) >= 11 is 3.44. The van der Waals surface area contributed by atoms with Crippen LogP contribution >= 0.6 is 15.9 Å². The average molecular weight is 387 g/mol. The van der Waals surface area contributed by atoms with E-state index in [0.717, 1.165) is 27.1 Å². The number of halogens is 1. The zero-order valence-corrected chi connectivity index (χ0v) is 14.6. The number of hydrazone groups is 1. The molecule has 2 heterocycles. The van der Waals surface area contributed by atoms with Gasteiger partial charge in [-0.25, -0.2) is 5.01 Å². The van der Waals surface area contributed by atoms with E-state index in [1.54, 1.807) is 5.01 Å². The largest absolute Gasteiger partial charge is 0.454 e. The fraction of sp³-hybridized carbons (Fsp3) is 0.222. The molecule has 0 saturated heterocycles. The molecule has 2 aromatic rings. The highest BCUT2D eigenvalue weighted by atomic mass is 79.9. The van der Waals surface area contributed by atoms with Crippen molar-refractivity contribution < 1.29 is 14.3 Å². The highest BCUT2D eigenvalue weighted by Crippen LogP contribution is 2.39. The first kappa shape index (κ1) is 15.2. The Morgan fingerprint density at radius 1 is 1.17 bits per heavy atom. The van der Waals surface area contributed by atoms with Gasteiger partial charge < -0.3 is 9.47 Å². The molecule has 0 saturated carbocycles. The van der Waals surface area contributed by atoms with Crippen molar-refractivity contribution in [2.75, 3.05) is 6.79 Å². The third-order valence-corrected chi connectivity index (χ3v) is 4.72. The van der Waals surface area contributed by atoms with Crippen LogP contribution in [0.25, 0.3) is 0 Å². The molecule has 0 aliphatic carbocycles. The van der Waals surface area contributed by atoms with Crippen LogP contribution in [0.4, 0.5) is 0 Å². The number of fused-ring (bicyclic) bond motifs is 1. The van der Waals surface area contributed by atoms with Crippen LogP contribution in [0.5, 0.6) is 11.5 Å². The molecule has 0 unspecified atom stereocenters. The zero-order valence-electron chi connectivity index (χ0n) is 13.0. The van der Waals surface area contributed by atoms with Crippen molar-refractivity contribution in [3.8, 4) is 11.5 Å². The molecule has 2 aromatic carbocycles. The van der Waals surface area contributed by atoms with Crippen LogP contribution in [0.3, 0.4) is 0 Å². The third kappa shape index (κ3) is 2.67. The normalized spacial score (nSPS) is 18.7. The fourth-order valence-corrected chi connectivity index (χ4v) is 3.26. The number of ether oxygens (including phenoxy) is 2. The number of nitrogens with zero attached hydrogens (tertiary/aromatic N) is 2. The van der Waals surface area contributed by atoms with E-state index in [4.69, 9.17) is 9.47 Å². The van der Waals surface area contributed by atoms with Crippen molar-refractivity contribution >= 4 is 27.5 Å². The quantitative estimate of drug-likeness (QED) is 0.786. The van der Waals surface area contributed by atoms with Crippen LogP contribution < -0.4 is 9.47 Å². The minimum absolute atomic E-state index is 0.0789. The van der Waals surface area contributed by atoms with Crippen LogP contribution in [-0.2, 0) is 4.79 Å². The van der Waals surface area contributed by atoms with Gasteiger partial charge in [0.05, 0.1) is 11.8 Å². The first-order valence-electron chi connectivity index (χ1n) is 7.64. The summed E-state index contributed by atoms with van der Waals surface area (Å²) in [5, 5.41) is 6.10. The van der Waals surface area contributed by atoms with E-state index in [-0.39, 0.29) is 18.7 Å². The minimum atomic E-state index is -0.129. The van der Waals surface area contributed by atoms with Gasteiger partial charge in [-0.3, -0.25) is 4.79 Å². The molecule has 0 fully saturated rings. The van der Waals surface area contributed by atoms with Gasteiger partial charge in [-0.2, -0.15) is 5.10 Å². The molecular formula is C18H15BrN2O3. The van der Waals surface area contributed by atoms with Crippen LogP contribution in [-0.4, -0.2) is 23.4 Å². The maximum absolute atomic E-state index is 12.0. The molecule has 6 heteroatoms. The van der Waals surface area contributed by atoms with Crippen molar-refractivity contribution in [1.29, 1.82) is 0 Å². The Bertz CT molecular complexity index is 833. The lowest BCUT2D eigenvalue weighted by Crippen LogP contribution is -2.24. The summed E-state index contributed by atoms with van der Waals surface area (Å²) in [4.78, 5) is 12.0. The monoisotopic (exact) mass is 386 g/mol. The number of amides is 1. The van der Waals surface area contributed by atoms with Gasteiger partial charge in [0, 0.05) is 17.8 Å². The van der Waals surface area contributed by atoms with Crippen LogP contribution in [0.15, 0.2) is 52.0 Å². The Balaban J connectivity index is 1.67. The molecule has 4 rings (SSSR count). The van der Waals surface area contributed by atoms with Crippen molar-refractivity contribution in [2.24, 2.45) is 5.10 Å². The molecule has 1 amide bonds. The second-order valence-electron chi connectivity index (χ2n) is 5.75. The highest BCUT2D eigenvalue weighted by Gasteiger charge is 2.32. The van der Waals surface area contributed by atoms with Crippen molar-refractivity contribution in [3.05, 3.63) is 58.1 Å². The minimum Gasteiger partial charge on any atom is -0.454 e. The summed E-state index contributed by atoms with van der Waals surface area (Å²) in [6.45, 7) is 1.77. The van der Waals surface area contributed by atoms with Crippen molar-refractivity contribution in [3.63, 3.8) is 0 Å². The van der Waals surface area contributed by atoms with Gasteiger partial charge in [0.2, 0.25) is 12.7 Å². The lowest BCUT2D eigenvalue weighted by molar-refractivity contribution is -0.130. The SMILES string of the molecule is CC(=O)N1N=C(c2ccc(Br)cc2)C[C@H]1c1ccc2c(c1)OCO2. The molecule has 122 valence electrons. The topological polar surface area (TPSA) is 51.1 Å². The van der Waals surface area contributed by atoms with Gasteiger partial charge in [0.1, 0.15) is 0 Å². The lowest BCUT2D eigenvalue weighted by Gasteiger charge is -2.20. The van der Waals surface area contributed by atoms with Gasteiger partial charge >= 0.3 is 0 Å². The molecule has 2 aliphatic heterocycles. The Labute approximate surface area is 148 Å². The molecule has 24 heavy (non-hydrogen) atoms. The third-order valence-electron chi connectivity index (χ3n) is 4.19. The summed E-state index contributed by atoms with van der Waals surface area (Å²) in [5.41, 5.74) is 2.92. The number of hydrogen-bond acceptors (Lipinski definition) is 4. The van der Waals surface area contributed by atoms with Gasteiger partial charge in [0.15, 0.2) is 11.5 Å². The Hall–Kier alpha value is -2.34. The summed E-state index contributed by atoms with van der Waals surface area (Å²) in [6, 6.07) is 13.6. The molecule has 0 radical (unpaired) electrons. The van der Waals surface area contributed by atoms with E-state index in [9.17, 15) is 4.79 Å². The van der Waals surface area contributed by atoms with E-state index < -0.39 is 0 Å². The van der Waals surface area contributed by atoms with Crippen molar-refractivity contribution in [2.45, 2.75) is 19.4 Å². The van der Waals surface area contributed by atoms with E-state index in [0.29, 0.717) is 12.2 Å². The number of hydrogen-bond donors (Lipinski definition) is 0. The van der Waals surface area contributed by atoms with Crippen LogP contribution in [0, 0.1) is 0 Å². The maximum atomic E-state index is 12.0. The van der Waals surface area contributed by atoms with E-state index in [2.05, 4.69) is 21.0 Å². The van der Waals surface area contributed by atoms with E-state index in [1.807, 2.05) is 42.5 Å². The van der Waals surface area contributed by atoms with Gasteiger partial charge in [0.25, 0.3) is 0 Å². The Kier molecular flexibility index (Phi) is 3.76. The second kappa shape index (κ2) is 5.94. The molecular weight excluding hydrogens is 372 g/mol. The number of benzene rings is 2. The van der Waals surface area contributed by atoms with Gasteiger partial charge in [-0.1, -0.05) is 34.1 Å². The maximum Gasteiger partial charge on any atom is 0.240 e. The van der Waals surface area contributed by atoms with E-state index >= 15 is 0 Å². The van der Waals surface area contributed by atoms with Crippen molar-refractivity contribution in [1.82, 2.24) is 5.01 Å². The molecule has 0 N–H and O–H groups in total. The lowest BCUT2D eigenvalue weighted by atomic mass is 9.98. The second-order valence-corrected chi connectivity index (χ2v) is 6.67. The zero-order chi connectivity index (χ0) is 16.7. The smallest absolute Gasteiger partial charge is 0.240 e. The molecule has 0 spiro atoms. The van der Waals surface area contributed by atoms with Crippen LogP contribution in [0.1, 0.15) is 30.5 Å². The molecule has 2 aliphatic rings. The van der Waals surface area contributed by atoms with Gasteiger partial charge in [-0.15, -0.1) is 0 Å². The average Bonchev–Trinajstić information content (AvgIpc) is 3.21. The van der Waals surface area contributed by atoms with Crippen LogP contribution in [0.2, 0.25) is 0 Å². The Morgan fingerprint density at radius 3 is 2.67 bits per heavy atom. The fourth-order valence-electron chi connectivity index (χ4n) is 3.00. The Morgan fingerprint density at radius 2 is 1.92 bits per heavy atom. The summed E-state index contributed by atoms with van der Waals surface area (Å²) in [7, 11) is 0. The standard InChI is InChI=1S/C18H15BrN2O3/c1-11(22)21-16(13-4-7-17-18(8-13)24-10-23-17)9-15(20-21)12-2-5-14(19)6-3-12/h2-8,16H,9-10H2,1H3/t16-/m0/s1. The molecule has 1 atom stereocenters. The number of carbonyl (C=O) groups excluding carboxylic acids is 1. The summed E-state index contributed by atoms with van der Waals surface area (Å²) < 4.78 is 11.8. The number of rotatable bonds is 2. The molecule has 5 nitrogen and oxygen atoms in total. The number of carbonyl (C=O) groups is 1. The summed E-state index contributed by atoms with van der Waals surface area (Å²) in [6.07, 6.45) is 0.668. The van der Waals surface area contributed by atoms with E-state index in [1.165, 1.54) is 6.92 Å².